The molecule has 1 fully saturated rings. The lowest BCUT2D eigenvalue weighted by Gasteiger charge is -2.36. The number of halogens is 2. The molecule has 0 aromatic heterocycles. The third kappa shape index (κ3) is 3.84. The van der Waals surface area contributed by atoms with E-state index in [-0.39, 0.29) is 5.91 Å². The highest BCUT2D eigenvalue weighted by molar-refractivity contribution is 6.32. The lowest BCUT2D eigenvalue weighted by molar-refractivity contribution is 0.0746. The van der Waals surface area contributed by atoms with Crippen LogP contribution in [0.4, 0.5) is 5.69 Å². The van der Waals surface area contributed by atoms with Gasteiger partial charge in [-0.15, -0.1) is 0 Å². The Bertz CT molecular complexity index is 805. The van der Waals surface area contributed by atoms with Crippen LogP contribution in [0.2, 0.25) is 10.0 Å². The van der Waals surface area contributed by atoms with Crippen LogP contribution in [0.15, 0.2) is 36.4 Å². The summed E-state index contributed by atoms with van der Waals surface area (Å²) in [6, 6.07) is 10.7. The fourth-order valence-electron chi connectivity index (χ4n) is 3.05. The van der Waals surface area contributed by atoms with Gasteiger partial charge in [-0.25, -0.2) is 0 Å². The zero-order chi connectivity index (χ0) is 18.7. The van der Waals surface area contributed by atoms with Gasteiger partial charge in [0.05, 0.1) is 24.9 Å². The molecular formula is C19H20Cl2N2O3. The van der Waals surface area contributed by atoms with Crippen molar-refractivity contribution in [1.82, 2.24) is 4.90 Å². The molecule has 26 heavy (non-hydrogen) atoms. The van der Waals surface area contributed by atoms with Crippen LogP contribution in [0.1, 0.15) is 10.4 Å². The Morgan fingerprint density at radius 2 is 1.65 bits per heavy atom. The number of hydrogen-bond donors (Lipinski definition) is 0. The second-order valence-corrected chi connectivity index (χ2v) is 6.79. The molecule has 0 bridgehead atoms. The molecule has 0 unspecified atom stereocenters. The van der Waals surface area contributed by atoms with Gasteiger partial charge in [-0.2, -0.15) is 0 Å². The minimum Gasteiger partial charge on any atom is -0.495 e. The van der Waals surface area contributed by atoms with Crippen molar-refractivity contribution in [1.29, 1.82) is 0 Å². The van der Waals surface area contributed by atoms with Crippen molar-refractivity contribution in [2.75, 3.05) is 45.3 Å². The van der Waals surface area contributed by atoms with Crippen LogP contribution in [-0.4, -0.2) is 51.2 Å². The second-order valence-electron chi connectivity index (χ2n) is 5.95. The van der Waals surface area contributed by atoms with Crippen molar-refractivity contribution in [2.45, 2.75) is 0 Å². The van der Waals surface area contributed by atoms with Crippen molar-refractivity contribution in [2.24, 2.45) is 0 Å². The number of hydrogen-bond acceptors (Lipinski definition) is 4. The Labute approximate surface area is 163 Å². The predicted molar refractivity (Wildman–Crippen MR) is 104 cm³/mol. The molecular weight excluding hydrogens is 375 g/mol. The number of rotatable bonds is 4. The summed E-state index contributed by atoms with van der Waals surface area (Å²) in [7, 11) is 3.19. The normalized spacial score (nSPS) is 14.3. The zero-order valence-electron chi connectivity index (χ0n) is 14.7. The number of carbonyl (C=O) groups is 1. The first-order valence-electron chi connectivity index (χ1n) is 8.25. The van der Waals surface area contributed by atoms with E-state index in [1.807, 2.05) is 11.0 Å². The Hall–Kier alpha value is -2.11. The summed E-state index contributed by atoms with van der Waals surface area (Å²) in [4.78, 5) is 16.7. The average molecular weight is 395 g/mol. The van der Waals surface area contributed by atoms with E-state index in [1.54, 1.807) is 44.6 Å². The molecule has 0 atom stereocenters. The smallest absolute Gasteiger partial charge is 0.254 e. The van der Waals surface area contributed by atoms with Gasteiger partial charge in [0.1, 0.15) is 11.5 Å². The molecule has 5 nitrogen and oxygen atoms in total. The Morgan fingerprint density at radius 3 is 2.27 bits per heavy atom. The van der Waals surface area contributed by atoms with Crippen LogP contribution in [0.25, 0.3) is 0 Å². The van der Waals surface area contributed by atoms with E-state index in [4.69, 9.17) is 32.7 Å². The molecule has 1 amide bonds. The Kier molecular flexibility index (Phi) is 5.79. The number of anilines is 1. The van der Waals surface area contributed by atoms with E-state index in [9.17, 15) is 4.79 Å². The number of nitrogens with zero attached hydrogens (tertiary/aromatic N) is 2. The lowest BCUT2D eigenvalue weighted by Crippen LogP contribution is -2.48. The van der Waals surface area contributed by atoms with Crippen LogP contribution in [0.5, 0.6) is 11.5 Å². The van der Waals surface area contributed by atoms with E-state index in [0.29, 0.717) is 53.3 Å². The number of piperazine rings is 1. The summed E-state index contributed by atoms with van der Waals surface area (Å²) in [5.41, 5.74) is 1.51. The van der Waals surface area contributed by atoms with E-state index < -0.39 is 0 Å². The second kappa shape index (κ2) is 8.06. The first-order chi connectivity index (χ1) is 12.5. The highest BCUT2D eigenvalue weighted by Crippen LogP contribution is 2.38. The van der Waals surface area contributed by atoms with Gasteiger partial charge in [-0.05, 0) is 18.2 Å². The molecule has 1 saturated heterocycles. The minimum atomic E-state index is -0.00667. The predicted octanol–water partition coefficient (Wildman–Crippen LogP) is 3.97. The van der Waals surface area contributed by atoms with Gasteiger partial charge in [-0.1, -0.05) is 29.3 Å². The standard InChI is InChI=1S/C19H20Cl2N2O3/c1-25-17-12-16(18(26-2)11-15(17)21)22-6-8-23(9-7-22)19(24)13-4-3-5-14(20)10-13/h3-5,10-12H,6-9H2,1-2H3. The van der Waals surface area contributed by atoms with Crippen LogP contribution in [0.3, 0.4) is 0 Å². The maximum absolute atomic E-state index is 12.6. The van der Waals surface area contributed by atoms with Crippen molar-refractivity contribution < 1.29 is 14.3 Å². The van der Waals surface area contributed by atoms with Crippen molar-refractivity contribution in [3.63, 3.8) is 0 Å². The average Bonchev–Trinajstić information content (AvgIpc) is 2.67. The molecule has 7 heteroatoms. The van der Waals surface area contributed by atoms with E-state index >= 15 is 0 Å². The van der Waals surface area contributed by atoms with Crippen LogP contribution in [0, 0.1) is 0 Å². The molecule has 0 aliphatic carbocycles. The highest BCUT2D eigenvalue weighted by atomic mass is 35.5. The number of methoxy groups -OCH3 is 2. The van der Waals surface area contributed by atoms with Crippen LogP contribution < -0.4 is 14.4 Å². The molecule has 3 rings (SSSR count). The SMILES string of the molecule is COc1cc(N2CCN(C(=O)c3cccc(Cl)c3)CC2)c(OC)cc1Cl. The topological polar surface area (TPSA) is 42.0 Å². The number of benzene rings is 2. The summed E-state index contributed by atoms with van der Waals surface area (Å²) < 4.78 is 10.8. The van der Waals surface area contributed by atoms with E-state index in [0.717, 1.165) is 5.69 Å². The summed E-state index contributed by atoms with van der Waals surface area (Å²) in [6.07, 6.45) is 0. The molecule has 0 radical (unpaired) electrons. The van der Waals surface area contributed by atoms with Gasteiger partial charge >= 0.3 is 0 Å². The summed E-state index contributed by atoms with van der Waals surface area (Å²) in [6.45, 7) is 2.60. The number of ether oxygens (including phenoxy) is 2. The molecule has 1 aliphatic rings. The third-order valence-electron chi connectivity index (χ3n) is 4.43. The largest absolute Gasteiger partial charge is 0.495 e. The van der Waals surface area contributed by atoms with Gasteiger partial charge in [0.15, 0.2) is 0 Å². The maximum atomic E-state index is 12.6. The number of amides is 1. The fourth-order valence-corrected chi connectivity index (χ4v) is 3.47. The Balaban J connectivity index is 1.73. The van der Waals surface area contributed by atoms with Gasteiger partial charge in [0.2, 0.25) is 0 Å². The van der Waals surface area contributed by atoms with Crippen molar-refractivity contribution in [3.8, 4) is 11.5 Å². The van der Waals surface area contributed by atoms with Gasteiger partial charge in [0, 0.05) is 48.9 Å². The molecule has 0 saturated carbocycles. The quantitative estimate of drug-likeness (QED) is 0.786. The first-order valence-corrected chi connectivity index (χ1v) is 9.00. The minimum absolute atomic E-state index is 0.00667. The van der Waals surface area contributed by atoms with Gasteiger partial charge in [0.25, 0.3) is 5.91 Å². The van der Waals surface area contributed by atoms with Gasteiger partial charge < -0.3 is 19.3 Å². The van der Waals surface area contributed by atoms with E-state index in [2.05, 4.69) is 4.90 Å². The molecule has 0 N–H and O–H groups in total. The molecule has 2 aromatic carbocycles. The zero-order valence-corrected chi connectivity index (χ0v) is 16.2. The molecule has 2 aromatic rings. The van der Waals surface area contributed by atoms with Crippen LogP contribution in [-0.2, 0) is 0 Å². The van der Waals surface area contributed by atoms with E-state index in [1.165, 1.54) is 0 Å². The van der Waals surface area contributed by atoms with Crippen LogP contribution >= 0.6 is 23.2 Å². The van der Waals surface area contributed by atoms with Crippen molar-refractivity contribution >= 4 is 34.8 Å². The van der Waals surface area contributed by atoms with Gasteiger partial charge in [-0.3, -0.25) is 4.79 Å². The first kappa shape index (κ1) is 18.7. The Morgan fingerprint density at radius 1 is 0.962 bits per heavy atom. The third-order valence-corrected chi connectivity index (χ3v) is 4.96. The molecule has 138 valence electrons. The molecule has 1 aliphatic heterocycles. The summed E-state index contributed by atoms with van der Waals surface area (Å²) >= 11 is 12.2. The summed E-state index contributed by atoms with van der Waals surface area (Å²) in [5.74, 6) is 1.28. The molecule has 0 spiro atoms. The monoisotopic (exact) mass is 394 g/mol. The maximum Gasteiger partial charge on any atom is 0.254 e. The van der Waals surface area contributed by atoms with Crippen molar-refractivity contribution in [3.05, 3.63) is 52.0 Å². The number of carbonyl (C=O) groups excluding carboxylic acids is 1. The summed E-state index contributed by atoms with van der Waals surface area (Å²) in [5, 5.41) is 1.07. The lowest BCUT2D eigenvalue weighted by atomic mass is 10.1. The highest BCUT2D eigenvalue weighted by Gasteiger charge is 2.25. The molecule has 1 heterocycles. The fraction of sp³-hybridized carbons (Fsp3) is 0.316.